The van der Waals surface area contributed by atoms with E-state index in [0.717, 1.165) is 6.54 Å². The van der Waals surface area contributed by atoms with Crippen LogP contribution in [0.5, 0.6) is 0 Å². The highest BCUT2D eigenvalue weighted by molar-refractivity contribution is 7.10. The summed E-state index contributed by atoms with van der Waals surface area (Å²) in [6.45, 7) is 10.3. The van der Waals surface area contributed by atoms with Gasteiger partial charge in [0.25, 0.3) is 0 Å². The van der Waals surface area contributed by atoms with Crippen molar-refractivity contribution in [3.05, 3.63) is 52.2 Å². The summed E-state index contributed by atoms with van der Waals surface area (Å²) in [5.74, 6) is 0. The largest absolute Gasteiger partial charge is 0.305 e. The Bertz CT molecular complexity index is 497. The highest BCUT2D eigenvalue weighted by Crippen LogP contribution is 2.18. The van der Waals surface area contributed by atoms with Crippen molar-refractivity contribution in [2.75, 3.05) is 0 Å². The summed E-state index contributed by atoms with van der Waals surface area (Å²) in [5, 5.41) is 7.25. The number of hydrogen-bond acceptors (Lipinski definition) is 2. The van der Waals surface area contributed by atoms with Crippen molar-refractivity contribution in [3.63, 3.8) is 0 Å². The van der Waals surface area contributed by atoms with Gasteiger partial charge in [-0.2, -0.15) is 0 Å². The number of benzene rings is 1. The molecule has 1 aromatic carbocycles. The Kier molecular flexibility index (Phi) is 4.61. The molecular formula is C16H23NSSi. The lowest BCUT2D eigenvalue weighted by Gasteiger charge is -2.17. The van der Waals surface area contributed by atoms with Gasteiger partial charge in [0.1, 0.15) is 0 Å². The van der Waals surface area contributed by atoms with E-state index < -0.39 is 8.07 Å². The summed E-state index contributed by atoms with van der Waals surface area (Å²) in [6, 6.07) is 13.9. The van der Waals surface area contributed by atoms with Crippen LogP contribution >= 0.6 is 11.3 Å². The van der Waals surface area contributed by atoms with Crippen LogP contribution in [0.3, 0.4) is 0 Å². The van der Waals surface area contributed by atoms with E-state index in [1.54, 1.807) is 0 Å². The van der Waals surface area contributed by atoms with Crippen LogP contribution in [0.4, 0.5) is 0 Å². The van der Waals surface area contributed by atoms with Gasteiger partial charge < -0.3 is 5.32 Å². The van der Waals surface area contributed by atoms with Crippen molar-refractivity contribution in [3.8, 4) is 0 Å². The molecule has 1 atom stereocenters. The van der Waals surface area contributed by atoms with Crippen molar-refractivity contribution in [1.29, 1.82) is 0 Å². The fraction of sp³-hybridized carbons (Fsp3) is 0.375. The zero-order valence-corrected chi connectivity index (χ0v) is 14.1. The van der Waals surface area contributed by atoms with Crippen molar-refractivity contribution >= 4 is 24.6 Å². The quantitative estimate of drug-likeness (QED) is 0.816. The molecule has 2 aromatic rings. The van der Waals surface area contributed by atoms with Crippen LogP contribution in [0.1, 0.15) is 23.4 Å². The Balaban J connectivity index is 1.93. The Hall–Kier alpha value is -0.903. The fourth-order valence-electron chi connectivity index (χ4n) is 2.03. The normalized spacial score (nSPS) is 13.5. The van der Waals surface area contributed by atoms with Crippen molar-refractivity contribution in [2.24, 2.45) is 0 Å². The van der Waals surface area contributed by atoms with E-state index in [-0.39, 0.29) is 0 Å². The Morgan fingerprint density at radius 2 is 1.79 bits per heavy atom. The van der Waals surface area contributed by atoms with Gasteiger partial charge in [0.05, 0.1) is 8.07 Å². The van der Waals surface area contributed by atoms with Crippen LogP contribution in [0.2, 0.25) is 19.6 Å². The first-order valence-electron chi connectivity index (χ1n) is 6.83. The van der Waals surface area contributed by atoms with Crippen LogP contribution in [-0.2, 0) is 6.54 Å². The molecule has 0 saturated carbocycles. The van der Waals surface area contributed by atoms with Gasteiger partial charge in [0.2, 0.25) is 0 Å². The third kappa shape index (κ3) is 4.03. The second kappa shape index (κ2) is 6.03. The van der Waals surface area contributed by atoms with Crippen LogP contribution in [0.25, 0.3) is 0 Å². The first kappa shape index (κ1) is 14.5. The molecule has 0 amide bonds. The van der Waals surface area contributed by atoms with E-state index in [2.05, 4.69) is 73.7 Å². The third-order valence-electron chi connectivity index (χ3n) is 3.40. The second-order valence-electron chi connectivity index (χ2n) is 6.06. The smallest absolute Gasteiger partial charge is 0.0775 e. The molecule has 0 saturated heterocycles. The standard InChI is InChI=1S/C16H23NSSi/c1-13(16-6-5-11-18-16)17-12-14-7-9-15(10-8-14)19(2,3)4/h5-11,13,17H,12H2,1-4H3/t13-/m0/s1. The van der Waals surface area contributed by atoms with E-state index in [4.69, 9.17) is 0 Å². The van der Waals surface area contributed by atoms with E-state index in [0.29, 0.717) is 6.04 Å². The minimum Gasteiger partial charge on any atom is -0.305 e. The maximum Gasteiger partial charge on any atom is 0.0775 e. The molecule has 0 aliphatic carbocycles. The molecule has 102 valence electrons. The van der Waals surface area contributed by atoms with E-state index in [1.807, 2.05) is 11.3 Å². The lowest BCUT2D eigenvalue weighted by Crippen LogP contribution is -2.37. The van der Waals surface area contributed by atoms with E-state index in [1.165, 1.54) is 15.6 Å². The average Bonchev–Trinajstić information content (AvgIpc) is 2.89. The predicted octanol–water partition coefficient (Wildman–Crippen LogP) is 4.14. The van der Waals surface area contributed by atoms with Gasteiger partial charge in [-0.25, -0.2) is 0 Å². The van der Waals surface area contributed by atoms with Crippen molar-refractivity contribution in [2.45, 2.75) is 39.2 Å². The molecular weight excluding hydrogens is 266 g/mol. The molecule has 0 unspecified atom stereocenters. The summed E-state index contributed by atoms with van der Waals surface area (Å²) < 4.78 is 0. The van der Waals surface area contributed by atoms with Crippen molar-refractivity contribution < 1.29 is 0 Å². The van der Waals surface area contributed by atoms with Gasteiger partial charge in [0.15, 0.2) is 0 Å². The summed E-state index contributed by atoms with van der Waals surface area (Å²) >= 11 is 1.82. The maximum absolute atomic E-state index is 3.58. The van der Waals surface area contributed by atoms with E-state index >= 15 is 0 Å². The monoisotopic (exact) mass is 289 g/mol. The topological polar surface area (TPSA) is 12.0 Å². The average molecular weight is 290 g/mol. The number of thiophene rings is 1. The molecule has 1 N–H and O–H groups in total. The summed E-state index contributed by atoms with van der Waals surface area (Å²) in [7, 11) is -1.16. The minimum absolute atomic E-state index is 0.427. The third-order valence-corrected chi connectivity index (χ3v) is 6.52. The lowest BCUT2D eigenvalue weighted by atomic mass is 10.2. The first-order valence-corrected chi connectivity index (χ1v) is 11.2. The molecule has 0 aliphatic rings. The minimum atomic E-state index is -1.16. The predicted molar refractivity (Wildman–Crippen MR) is 89.0 cm³/mol. The number of hydrogen-bond donors (Lipinski definition) is 1. The Morgan fingerprint density at radius 3 is 2.32 bits per heavy atom. The number of nitrogens with one attached hydrogen (secondary N) is 1. The highest BCUT2D eigenvalue weighted by atomic mass is 32.1. The molecule has 0 aliphatic heterocycles. The van der Waals surface area contributed by atoms with Gasteiger partial charge >= 0.3 is 0 Å². The highest BCUT2D eigenvalue weighted by Gasteiger charge is 2.15. The lowest BCUT2D eigenvalue weighted by molar-refractivity contribution is 0.583. The van der Waals surface area contributed by atoms with Crippen LogP contribution in [0.15, 0.2) is 41.8 Å². The van der Waals surface area contributed by atoms with Crippen LogP contribution < -0.4 is 10.5 Å². The molecule has 19 heavy (non-hydrogen) atoms. The summed E-state index contributed by atoms with van der Waals surface area (Å²) in [5.41, 5.74) is 1.37. The van der Waals surface area contributed by atoms with Crippen LogP contribution in [-0.4, -0.2) is 8.07 Å². The first-order chi connectivity index (χ1) is 8.97. The number of rotatable bonds is 5. The molecule has 0 bridgehead atoms. The Labute approximate surface area is 121 Å². The van der Waals surface area contributed by atoms with Gasteiger partial charge in [-0.15, -0.1) is 11.3 Å². The molecule has 1 heterocycles. The summed E-state index contributed by atoms with van der Waals surface area (Å²) in [4.78, 5) is 1.40. The second-order valence-corrected chi connectivity index (χ2v) is 12.1. The molecule has 1 aromatic heterocycles. The van der Waals surface area contributed by atoms with Crippen molar-refractivity contribution in [1.82, 2.24) is 5.32 Å². The Morgan fingerprint density at radius 1 is 1.11 bits per heavy atom. The molecule has 0 fully saturated rings. The fourth-order valence-corrected chi connectivity index (χ4v) is 3.96. The van der Waals surface area contributed by atoms with Gasteiger partial charge in [0, 0.05) is 17.5 Å². The van der Waals surface area contributed by atoms with Crippen LogP contribution in [0, 0.1) is 0 Å². The SMILES string of the molecule is C[C@H](NCc1ccc([Si](C)(C)C)cc1)c1cccs1. The van der Waals surface area contributed by atoms with E-state index in [9.17, 15) is 0 Å². The zero-order chi connectivity index (χ0) is 13.9. The molecule has 3 heteroatoms. The molecule has 0 spiro atoms. The van der Waals surface area contributed by atoms with Gasteiger partial charge in [-0.3, -0.25) is 0 Å². The van der Waals surface area contributed by atoms with Gasteiger partial charge in [-0.05, 0) is 23.9 Å². The molecule has 1 nitrogen and oxygen atoms in total. The molecule has 0 radical (unpaired) electrons. The molecule has 2 rings (SSSR count). The maximum atomic E-state index is 3.58. The zero-order valence-electron chi connectivity index (χ0n) is 12.2. The summed E-state index contributed by atoms with van der Waals surface area (Å²) in [6.07, 6.45) is 0. The van der Waals surface area contributed by atoms with Gasteiger partial charge in [-0.1, -0.05) is 55.2 Å².